The van der Waals surface area contributed by atoms with E-state index in [4.69, 9.17) is 10.5 Å². The maximum absolute atomic E-state index is 13.6. The Morgan fingerprint density at radius 3 is 2.63 bits per heavy atom. The van der Waals surface area contributed by atoms with Crippen molar-refractivity contribution in [1.29, 1.82) is 0 Å². The first-order valence-corrected chi connectivity index (χ1v) is 8.23. The number of nitrogens with zero attached hydrogens (tertiary/aromatic N) is 3. The van der Waals surface area contributed by atoms with Crippen LogP contribution in [0.15, 0.2) is 48.5 Å². The number of ether oxygens (including phenoxy) is 1. The van der Waals surface area contributed by atoms with Crippen molar-refractivity contribution in [3.8, 4) is 0 Å². The lowest BCUT2D eigenvalue weighted by Gasteiger charge is -2.10. The number of nitrogens with two attached hydrogens (primary N) is 1. The fraction of sp³-hybridized carbons (Fsp3) is 0.158. The third-order valence-electron chi connectivity index (χ3n) is 3.75. The highest BCUT2D eigenvalue weighted by molar-refractivity contribution is 5.72. The summed E-state index contributed by atoms with van der Waals surface area (Å²) in [5, 5.41) is 3.06. The van der Waals surface area contributed by atoms with Gasteiger partial charge in [0.2, 0.25) is 11.9 Å². The number of aryl methyl sites for hydroxylation is 1. The van der Waals surface area contributed by atoms with Gasteiger partial charge in [0, 0.05) is 5.69 Å². The normalized spacial score (nSPS) is 10.4. The van der Waals surface area contributed by atoms with Crippen LogP contribution < -0.4 is 11.1 Å². The number of benzene rings is 2. The number of rotatable bonds is 6. The SMILES string of the molecule is Cc1ccccc1Nc1nc(N)nc(COC(=O)Cc2ccccc2F)n1. The second-order valence-electron chi connectivity index (χ2n) is 5.80. The van der Waals surface area contributed by atoms with Gasteiger partial charge in [0.15, 0.2) is 12.4 Å². The van der Waals surface area contributed by atoms with Crippen LogP contribution in [-0.2, 0) is 22.6 Å². The molecule has 0 amide bonds. The van der Waals surface area contributed by atoms with E-state index in [1.165, 1.54) is 12.1 Å². The van der Waals surface area contributed by atoms with E-state index >= 15 is 0 Å². The first kappa shape index (κ1) is 18.2. The molecule has 0 fully saturated rings. The summed E-state index contributed by atoms with van der Waals surface area (Å²) in [5.74, 6) is -0.602. The average molecular weight is 367 g/mol. The van der Waals surface area contributed by atoms with Crippen LogP contribution in [-0.4, -0.2) is 20.9 Å². The third kappa shape index (κ3) is 4.97. The second kappa shape index (κ2) is 8.22. The number of carbonyl (C=O) groups excluding carboxylic acids is 1. The predicted octanol–water partition coefficient (Wildman–Crippen LogP) is 2.93. The maximum Gasteiger partial charge on any atom is 0.310 e. The van der Waals surface area contributed by atoms with Gasteiger partial charge in [-0.15, -0.1) is 0 Å². The summed E-state index contributed by atoms with van der Waals surface area (Å²) in [5.41, 5.74) is 7.81. The predicted molar refractivity (Wildman–Crippen MR) is 98.6 cm³/mol. The number of carbonyl (C=O) groups is 1. The molecule has 0 atom stereocenters. The maximum atomic E-state index is 13.6. The fourth-order valence-electron chi connectivity index (χ4n) is 2.39. The Labute approximate surface area is 155 Å². The average Bonchev–Trinajstić information content (AvgIpc) is 2.63. The summed E-state index contributed by atoms with van der Waals surface area (Å²) in [6.07, 6.45) is -0.179. The zero-order chi connectivity index (χ0) is 19.2. The first-order valence-electron chi connectivity index (χ1n) is 8.23. The van der Waals surface area contributed by atoms with Crippen LogP contribution in [0.25, 0.3) is 0 Å². The lowest BCUT2D eigenvalue weighted by atomic mass is 10.1. The summed E-state index contributed by atoms with van der Waals surface area (Å²) in [6, 6.07) is 13.7. The fourth-order valence-corrected chi connectivity index (χ4v) is 2.39. The molecule has 1 aromatic heterocycles. The quantitative estimate of drug-likeness (QED) is 0.646. The zero-order valence-corrected chi connectivity index (χ0v) is 14.6. The number of anilines is 3. The molecule has 0 aliphatic rings. The van der Waals surface area contributed by atoms with Gasteiger partial charge in [0.05, 0.1) is 6.42 Å². The highest BCUT2D eigenvalue weighted by atomic mass is 19.1. The van der Waals surface area contributed by atoms with E-state index < -0.39 is 11.8 Å². The van der Waals surface area contributed by atoms with Crippen LogP contribution in [0.2, 0.25) is 0 Å². The van der Waals surface area contributed by atoms with Crippen molar-refractivity contribution in [2.75, 3.05) is 11.1 Å². The van der Waals surface area contributed by atoms with Crippen molar-refractivity contribution < 1.29 is 13.9 Å². The smallest absolute Gasteiger partial charge is 0.310 e. The first-order chi connectivity index (χ1) is 13.0. The second-order valence-corrected chi connectivity index (χ2v) is 5.80. The molecular formula is C19H18FN5O2. The van der Waals surface area contributed by atoms with E-state index in [9.17, 15) is 9.18 Å². The van der Waals surface area contributed by atoms with E-state index in [0.29, 0.717) is 0 Å². The number of aromatic nitrogens is 3. The van der Waals surface area contributed by atoms with Crippen LogP contribution in [0.3, 0.4) is 0 Å². The number of nitrogen functional groups attached to an aromatic ring is 1. The van der Waals surface area contributed by atoms with Gasteiger partial charge in [-0.3, -0.25) is 4.79 Å². The molecule has 3 aromatic rings. The Morgan fingerprint density at radius 2 is 1.85 bits per heavy atom. The molecule has 2 aromatic carbocycles. The van der Waals surface area contributed by atoms with Crippen molar-refractivity contribution in [3.63, 3.8) is 0 Å². The summed E-state index contributed by atoms with van der Waals surface area (Å²) in [6.45, 7) is 1.75. The van der Waals surface area contributed by atoms with Crippen molar-refractivity contribution in [2.24, 2.45) is 0 Å². The molecule has 1 heterocycles. The van der Waals surface area contributed by atoms with E-state index in [-0.39, 0.29) is 36.3 Å². The minimum atomic E-state index is -0.590. The van der Waals surface area contributed by atoms with Gasteiger partial charge in [0.1, 0.15) is 5.82 Å². The summed E-state index contributed by atoms with van der Waals surface area (Å²) < 4.78 is 18.7. The van der Waals surface area contributed by atoms with Gasteiger partial charge >= 0.3 is 5.97 Å². The van der Waals surface area contributed by atoms with E-state index in [1.807, 2.05) is 31.2 Å². The lowest BCUT2D eigenvalue weighted by molar-refractivity contribution is -0.144. The Hall–Kier alpha value is -3.55. The number of hydrogen-bond acceptors (Lipinski definition) is 7. The number of para-hydroxylation sites is 1. The molecule has 0 spiro atoms. The number of halogens is 1. The molecule has 0 unspecified atom stereocenters. The number of esters is 1. The topological polar surface area (TPSA) is 103 Å². The molecule has 0 radical (unpaired) electrons. The molecular weight excluding hydrogens is 349 g/mol. The standard InChI is InChI=1S/C19H18FN5O2/c1-12-6-2-5-9-15(12)22-19-24-16(23-18(21)25-19)11-27-17(26)10-13-7-3-4-8-14(13)20/h2-9H,10-11H2,1H3,(H3,21,22,23,24,25). The highest BCUT2D eigenvalue weighted by Gasteiger charge is 2.12. The van der Waals surface area contributed by atoms with Crippen LogP contribution in [0.1, 0.15) is 17.0 Å². The number of hydrogen-bond donors (Lipinski definition) is 2. The summed E-state index contributed by atoms with van der Waals surface area (Å²) in [7, 11) is 0. The van der Waals surface area contributed by atoms with Crippen LogP contribution in [0.4, 0.5) is 22.0 Å². The molecule has 27 heavy (non-hydrogen) atoms. The molecule has 7 nitrogen and oxygen atoms in total. The van der Waals surface area contributed by atoms with Crippen molar-refractivity contribution in [2.45, 2.75) is 20.0 Å². The molecule has 138 valence electrons. The Balaban J connectivity index is 1.65. The van der Waals surface area contributed by atoms with E-state index in [2.05, 4.69) is 20.3 Å². The van der Waals surface area contributed by atoms with Crippen molar-refractivity contribution >= 4 is 23.6 Å². The summed E-state index contributed by atoms with van der Waals surface area (Å²) in [4.78, 5) is 24.1. The molecule has 3 N–H and O–H groups in total. The van der Waals surface area contributed by atoms with Crippen LogP contribution in [0.5, 0.6) is 0 Å². The molecule has 0 saturated heterocycles. The number of nitrogens with one attached hydrogen (secondary N) is 1. The van der Waals surface area contributed by atoms with Crippen LogP contribution in [0, 0.1) is 12.7 Å². The van der Waals surface area contributed by atoms with E-state index in [0.717, 1.165) is 11.3 Å². The molecule has 0 saturated carbocycles. The highest BCUT2D eigenvalue weighted by Crippen LogP contribution is 2.18. The van der Waals surface area contributed by atoms with Gasteiger partial charge in [-0.2, -0.15) is 15.0 Å². The minimum absolute atomic E-state index is 0.00115. The van der Waals surface area contributed by atoms with Gasteiger partial charge in [0.25, 0.3) is 0 Å². The Bertz CT molecular complexity index is 964. The monoisotopic (exact) mass is 367 g/mol. The van der Waals surface area contributed by atoms with Gasteiger partial charge < -0.3 is 15.8 Å². The van der Waals surface area contributed by atoms with Gasteiger partial charge in [-0.1, -0.05) is 36.4 Å². The van der Waals surface area contributed by atoms with Gasteiger partial charge in [-0.25, -0.2) is 4.39 Å². The Morgan fingerprint density at radius 1 is 1.11 bits per heavy atom. The largest absolute Gasteiger partial charge is 0.457 e. The zero-order valence-electron chi connectivity index (χ0n) is 14.6. The van der Waals surface area contributed by atoms with Gasteiger partial charge in [-0.05, 0) is 30.2 Å². The molecule has 0 bridgehead atoms. The van der Waals surface area contributed by atoms with E-state index in [1.54, 1.807) is 12.1 Å². The Kier molecular flexibility index (Phi) is 5.55. The molecule has 3 rings (SSSR count). The van der Waals surface area contributed by atoms with Crippen LogP contribution >= 0.6 is 0 Å². The minimum Gasteiger partial charge on any atom is -0.457 e. The lowest BCUT2D eigenvalue weighted by Crippen LogP contribution is -2.13. The molecule has 0 aliphatic carbocycles. The van der Waals surface area contributed by atoms with Crippen molar-refractivity contribution in [1.82, 2.24) is 15.0 Å². The third-order valence-corrected chi connectivity index (χ3v) is 3.75. The summed E-state index contributed by atoms with van der Waals surface area (Å²) >= 11 is 0. The molecule has 8 heteroatoms. The van der Waals surface area contributed by atoms with Crippen molar-refractivity contribution in [3.05, 3.63) is 71.3 Å². The molecule has 0 aliphatic heterocycles.